The quantitative estimate of drug-likeness (QED) is 0.761. The van der Waals surface area contributed by atoms with Crippen LogP contribution in [-0.2, 0) is 9.53 Å². The monoisotopic (exact) mass is 249 g/mol. The molecule has 1 aromatic carbocycles. The summed E-state index contributed by atoms with van der Waals surface area (Å²) in [4.78, 5) is 24.4. The SMILES string of the molecule is CCC1Oc2ccc(C=O)cc2N(COC)C1=O. The van der Waals surface area contributed by atoms with Crippen LogP contribution in [0.3, 0.4) is 0 Å². The summed E-state index contributed by atoms with van der Waals surface area (Å²) in [6, 6.07) is 5.00. The van der Waals surface area contributed by atoms with Crippen molar-refractivity contribution in [2.45, 2.75) is 19.4 Å². The van der Waals surface area contributed by atoms with Crippen LogP contribution in [0, 0.1) is 0 Å². The lowest BCUT2D eigenvalue weighted by Gasteiger charge is -2.33. The number of carbonyl (C=O) groups is 2. The molecule has 0 radical (unpaired) electrons. The van der Waals surface area contributed by atoms with Gasteiger partial charge in [-0.15, -0.1) is 0 Å². The van der Waals surface area contributed by atoms with E-state index in [0.717, 1.165) is 6.29 Å². The number of carbonyl (C=O) groups excluding carboxylic acids is 2. The van der Waals surface area contributed by atoms with Gasteiger partial charge in [0, 0.05) is 12.7 Å². The number of benzene rings is 1. The summed E-state index contributed by atoms with van der Waals surface area (Å²) < 4.78 is 10.6. The van der Waals surface area contributed by atoms with Crippen molar-refractivity contribution in [2.75, 3.05) is 18.7 Å². The Labute approximate surface area is 105 Å². The summed E-state index contributed by atoms with van der Waals surface area (Å²) in [6.45, 7) is 2.03. The van der Waals surface area contributed by atoms with Gasteiger partial charge in [0.05, 0.1) is 5.69 Å². The van der Waals surface area contributed by atoms with Gasteiger partial charge in [-0.1, -0.05) is 6.92 Å². The predicted octanol–water partition coefficient (Wildman–Crippen LogP) is 1.61. The molecule has 1 aromatic rings. The Kier molecular flexibility index (Phi) is 3.62. The fourth-order valence-corrected chi connectivity index (χ4v) is 1.93. The molecular weight excluding hydrogens is 234 g/mol. The van der Waals surface area contributed by atoms with Crippen molar-refractivity contribution in [2.24, 2.45) is 0 Å². The molecule has 1 unspecified atom stereocenters. The number of aldehydes is 1. The van der Waals surface area contributed by atoms with Gasteiger partial charge in [0.15, 0.2) is 6.10 Å². The van der Waals surface area contributed by atoms with Crippen LogP contribution in [0.25, 0.3) is 0 Å². The Balaban J connectivity index is 2.45. The topological polar surface area (TPSA) is 55.8 Å². The van der Waals surface area contributed by atoms with Gasteiger partial charge < -0.3 is 9.47 Å². The molecule has 1 heterocycles. The van der Waals surface area contributed by atoms with Gasteiger partial charge in [-0.2, -0.15) is 0 Å². The van der Waals surface area contributed by atoms with Crippen molar-refractivity contribution in [3.63, 3.8) is 0 Å². The lowest BCUT2D eigenvalue weighted by Crippen LogP contribution is -2.46. The molecule has 1 aliphatic rings. The van der Waals surface area contributed by atoms with E-state index in [2.05, 4.69) is 0 Å². The van der Waals surface area contributed by atoms with Gasteiger partial charge in [0.1, 0.15) is 18.8 Å². The van der Waals surface area contributed by atoms with E-state index < -0.39 is 6.10 Å². The zero-order valence-electron chi connectivity index (χ0n) is 10.4. The minimum Gasteiger partial charge on any atom is -0.478 e. The molecule has 0 spiro atoms. The highest BCUT2D eigenvalue weighted by atomic mass is 16.5. The van der Waals surface area contributed by atoms with Gasteiger partial charge in [0.2, 0.25) is 0 Å². The number of methoxy groups -OCH3 is 1. The van der Waals surface area contributed by atoms with Crippen molar-refractivity contribution in [3.8, 4) is 5.75 Å². The Hall–Kier alpha value is -1.88. The molecule has 5 heteroatoms. The number of fused-ring (bicyclic) bond motifs is 1. The fraction of sp³-hybridized carbons (Fsp3) is 0.385. The molecule has 0 N–H and O–H groups in total. The smallest absolute Gasteiger partial charge is 0.270 e. The second kappa shape index (κ2) is 5.18. The molecular formula is C13H15NO4. The van der Waals surface area contributed by atoms with Gasteiger partial charge in [-0.25, -0.2) is 0 Å². The van der Waals surface area contributed by atoms with Crippen molar-refractivity contribution in [3.05, 3.63) is 23.8 Å². The second-order valence-electron chi connectivity index (χ2n) is 4.04. The molecule has 0 saturated carbocycles. The van der Waals surface area contributed by atoms with E-state index in [1.165, 1.54) is 12.0 Å². The van der Waals surface area contributed by atoms with Crippen LogP contribution < -0.4 is 9.64 Å². The molecule has 96 valence electrons. The third kappa shape index (κ3) is 2.09. The standard InChI is InChI=1S/C13H15NO4/c1-3-11-13(16)14(8-17-2)10-6-9(7-15)4-5-12(10)18-11/h4-7,11H,3,8H2,1-2H3. The Bertz CT molecular complexity index is 472. The van der Waals surface area contributed by atoms with E-state index in [0.29, 0.717) is 23.4 Å². The summed E-state index contributed by atoms with van der Waals surface area (Å²) in [6.07, 6.45) is 0.838. The van der Waals surface area contributed by atoms with Crippen LogP contribution in [0.2, 0.25) is 0 Å². The first-order chi connectivity index (χ1) is 8.71. The molecule has 5 nitrogen and oxygen atoms in total. The van der Waals surface area contributed by atoms with E-state index >= 15 is 0 Å². The molecule has 0 bridgehead atoms. The van der Waals surface area contributed by atoms with Crippen LogP contribution in [0.5, 0.6) is 5.75 Å². The second-order valence-corrected chi connectivity index (χ2v) is 4.04. The highest BCUT2D eigenvalue weighted by molar-refractivity contribution is 6.00. The number of amides is 1. The van der Waals surface area contributed by atoms with Crippen LogP contribution >= 0.6 is 0 Å². The van der Waals surface area contributed by atoms with Gasteiger partial charge >= 0.3 is 0 Å². The van der Waals surface area contributed by atoms with E-state index in [-0.39, 0.29) is 12.6 Å². The fourth-order valence-electron chi connectivity index (χ4n) is 1.93. The molecule has 1 atom stereocenters. The number of hydrogen-bond donors (Lipinski definition) is 0. The number of nitrogens with zero attached hydrogens (tertiary/aromatic N) is 1. The third-order valence-electron chi connectivity index (χ3n) is 2.85. The van der Waals surface area contributed by atoms with Gasteiger partial charge in [0.25, 0.3) is 5.91 Å². The number of rotatable bonds is 4. The van der Waals surface area contributed by atoms with Crippen LogP contribution in [0.15, 0.2) is 18.2 Å². The molecule has 0 fully saturated rings. The van der Waals surface area contributed by atoms with Crippen molar-refractivity contribution >= 4 is 17.9 Å². The lowest BCUT2D eigenvalue weighted by molar-refractivity contribution is -0.127. The predicted molar refractivity (Wildman–Crippen MR) is 65.9 cm³/mol. The summed E-state index contributed by atoms with van der Waals surface area (Å²) in [5, 5.41) is 0. The normalized spacial score (nSPS) is 18.2. The highest BCUT2D eigenvalue weighted by Gasteiger charge is 2.33. The molecule has 1 amide bonds. The van der Waals surface area contributed by atoms with Crippen molar-refractivity contribution in [1.29, 1.82) is 0 Å². The molecule has 2 rings (SSSR count). The largest absolute Gasteiger partial charge is 0.478 e. The summed E-state index contributed by atoms with van der Waals surface area (Å²) >= 11 is 0. The molecule has 0 saturated heterocycles. The number of hydrogen-bond acceptors (Lipinski definition) is 4. The maximum Gasteiger partial charge on any atom is 0.270 e. The van der Waals surface area contributed by atoms with Gasteiger partial charge in [-0.3, -0.25) is 14.5 Å². The first-order valence-electron chi connectivity index (χ1n) is 5.77. The average molecular weight is 249 g/mol. The average Bonchev–Trinajstić information content (AvgIpc) is 2.41. The van der Waals surface area contributed by atoms with E-state index in [9.17, 15) is 9.59 Å². The van der Waals surface area contributed by atoms with Crippen molar-refractivity contribution < 1.29 is 19.1 Å². The minimum atomic E-state index is -0.491. The first-order valence-corrected chi connectivity index (χ1v) is 5.77. The van der Waals surface area contributed by atoms with Crippen LogP contribution in [0.4, 0.5) is 5.69 Å². The van der Waals surface area contributed by atoms with E-state index in [1.54, 1.807) is 18.2 Å². The lowest BCUT2D eigenvalue weighted by atomic mass is 10.1. The molecule has 0 aromatic heterocycles. The van der Waals surface area contributed by atoms with Crippen LogP contribution in [0.1, 0.15) is 23.7 Å². The summed E-state index contributed by atoms with van der Waals surface area (Å²) in [5.74, 6) is 0.457. The van der Waals surface area contributed by atoms with Crippen LogP contribution in [-0.4, -0.2) is 32.1 Å². The van der Waals surface area contributed by atoms with E-state index in [1.807, 2.05) is 6.92 Å². The first kappa shape index (κ1) is 12.6. The van der Waals surface area contributed by atoms with E-state index in [4.69, 9.17) is 9.47 Å². The zero-order chi connectivity index (χ0) is 13.1. The third-order valence-corrected chi connectivity index (χ3v) is 2.85. The Morgan fingerprint density at radius 1 is 1.50 bits per heavy atom. The van der Waals surface area contributed by atoms with Crippen molar-refractivity contribution in [1.82, 2.24) is 0 Å². The maximum absolute atomic E-state index is 12.1. The summed E-state index contributed by atoms with van der Waals surface area (Å²) in [7, 11) is 1.52. The minimum absolute atomic E-state index is 0.144. The highest BCUT2D eigenvalue weighted by Crippen LogP contribution is 2.35. The maximum atomic E-state index is 12.1. The molecule has 18 heavy (non-hydrogen) atoms. The molecule has 0 aliphatic carbocycles. The Morgan fingerprint density at radius 2 is 2.28 bits per heavy atom. The zero-order valence-corrected chi connectivity index (χ0v) is 10.4. The molecule has 1 aliphatic heterocycles. The Morgan fingerprint density at radius 3 is 2.89 bits per heavy atom. The number of anilines is 1. The van der Waals surface area contributed by atoms with Gasteiger partial charge in [-0.05, 0) is 24.6 Å². The summed E-state index contributed by atoms with van der Waals surface area (Å²) in [5.41, 5.74) is 1.08. The number of ether oxygens (including phenoxy) is 2.